The zero-order chi connectivity index (χ0) is 21.5. The summed E-state index contributed by atoms with van der Waals surface area (Å²) in [5.74, 6) is 1.33. The highest BCUT2D eigenvalue weighted by Gasteiger charge is 2.15. The molecule has 0 spiro atoms. The number of aromatic nitrogens is 4. The molecule has 0 aliphatic rings. The fourth-order valence-corrected chi connectivity index (χ4v) is 3.65. The quantitative estimate of drug-likeness (QED) is 0.453. The van der Waals surface area contributed by atoms with E-state index >= 15 is 0 Å². The Kier molecular flexibility index (Phi) is 6.52. The standard InChI is InChI=1S/C24H25N5O2/c1-31-24-15-13-22-27-26-21(29(22)28-24)12-14-23(30)25-17-16-20(18-8-4-2-5-9-18)19-10-6-3-7-11-19/h2-11,13,15,20H,12,14,16-17H2,1H3,(H,25,30). The average molecular weight is 415 g/mol. The van der Waals surface area contributed by atoms with Gasteiger partial charge in [-0.3, -0.25) is 4.79 Å². The van der Waals surface area contributed by atoms with Crippen LogP contribution in [0.3, 0.4) is 0 Å². The number of nitrogens with zero attached hydrogens (tertiary/aromatic N) is 4. The van der Waals surface area contributed by atoms with E-state index in [-0.39, 0.29) is 11.8 Å². The molecule has 0 aliphatic heterocycles. The fourth-order valence-electron chi connectivity index (χ4n) is 3.65. The van der Waals surface area contributed by atoms with Crippen LogP contribution in [-0.2, 0) is 11.2 Å². The molecule has 2 aromatic heterocycles. The Morgan fingerprint density at radius 1 is 0.968 bits per heavy atom. The molecule has 0 saturated carbocycles. The predicted octanol–water partition coefficient (Wildman–Crippen LogP) is 3.40. The second-order valence-electron chi connectivity index (χ2n) is 7.27. The summed E-state index contributed by atoms with van der Waals surface area (Å²) in [7, 11) is 1.56. The monoisotopic (exact) mass is 415 g/mol. The number of rotatable bonds is 9. The van der Waals surface area contributed by atoms with Crippen LogP contribution in [0.1, 0.15) is 35.7 Å². The molecule has 1 N–H and O–H groups in total. The van der Waals surface area contributed by atoms with Crippen molar-refractivity contribution in [2.24, 2.45) is 0 Å². The van der Waals surface area contributed by atoms with Crippen molar-refractivity contribution in [3.8, 4) is 5.88 Å². The van der Waals surface area contributed by atoms with Crippen molar-refractivity contribution in [2.45, 2.75) is 25.2 Å². The normalized spacial score (nSPS) is 11.0. The summed E-state index contributed by atoms with van der Waals surface area (Å²) in [5, 5.41) is 15.6. The summed E-state index contributed by atoms with van der Waals surface area (Å²) in [5.41, 5.74) is 3.13. The first-order valence-electron chi connectivity index (χ1n) is 10.4. The third kappa shape index (κ3) is 5.06. The van der Waals surface area contributed by atoms with Gasteiger partial charge in [0.2, 0.25) is 11.8 Å². The van der Waals surface area contributed by atoms with Crippen LogP contribution in [0, 0.1) is 0 Å². The Morgan fingerprint density at radius 3 is 2.29 bits per heavy atom. The maximum Gasteiger partial charge on any atom is 0.231 e. The van der Waals surface area contributed by atoms with Crippen LogP contribution >= 0.6 is 0 Å². The highest BCUT2D eigenvalue weighted by Crippen LogP contribution is 2.27. The van der Waals surface area contributed by atoms with E-state index in [0.717, 1.165) is 6.42 Å². The van der Waals surface area contributed by atoms with E-state index in [1.807, 2.05) is 12.1 Å². The van der Waals surface area contributed by atoms with Gasteiger partial charge in [0.05, 0.1) is 7.11 Å². The van der Waals surface area contributed by atoms with Crippen molar-refractivity contribution in [2.75, 3.05) is 13.7 Å². The molecule has 1 amide bonds. The number of nitrogens with one attached hydrogen (secondary N) is 1. The number of methoxy groups -OCH3 is 1. The SMILES string of the molecule is COc1ccc2nnc(CCC(=O)NCCC(c3ccccc3)c3ccccc3)n2n1. The molecule has 0 fully saturated rings. The van der Waals surface area contributed by atoms with Crippen LogP contribution in [0.15, 0.2) is 72.8 Å². The van der Waals surface area contributed by atoms with Crippen molar-refractivity contribution in [1.29, 1.82) is 0 Å². The Bertz CT molecular complexity index is 1090. The van der Waals surface area contributed by atoms with Gasteiger partial charge < -0.3 is 10.1 Å². The number of hydrogen-bond acceptors (Lipinski definition) is 5. The number of hydrogen-bond donors (Lipinski definition) is 1. The van der Waals surface area contributed by atoms with Crippen LogP contribution in [0.5, 0.6) is 5.88 Å². The van der Waals surface area contributed by atoms with Crippen molar-refractivity contribution in [1.82, 2.24) is 25.1 Å². The molecule has 0 atom stereocenters. The molecule has 7 nitrogen and oxygen atoms in total. The van der Waals surface area contributed by atoms with E-state index < -0.39 is 0 Å². The number of benzene rings is 2. The van der Waals surface area contributed by atoms with Gasteiger partial charge in [0, 0.05) is 31.4 Å². The maximum absolute atomic E-state index is 12.4. The highest BCUT2D eigenvalue weighted by atomic mass is 16.5. The average Bonchev–Trinajstić information content (AvgIpc) is 3.23. The van der Waals surface area contributed by atoms with Gasteiger partial charge in [-0.2, -0.15) is 4.52 Å². The summed E-state index contributed by atoms with van der Waals surface area (Å²) in [6.07, 6.45) is 1.60. The first-order valence-corrected chi connectivity index (χ1v) is 10.4. The zero-order valence-corrected chi connectivity index (χ0v) is 17.4. The van der Waals surface area contributed by atoms with Gasteiger partial charge in [-0.15, -0.1) is 15.3 Å². The molecular formula is C24H25N5O2. The molecule has 4 aromatic rings. The van der Waals surface area contributed by atoms with Crippen LogP contribution in [0.2, 0.25) is 0 Å². The van der Waals surface area contributed by atoms with Crippen LogP contribution in [0.25, 0.3) is 5.65 Å². The molecule has 158 valence electrons. The lowest BCUT2D eigenvalue weighted by atomic mass is 9.88. The van der Waals surface area contributed by atoms with Gasteiger partial charge >= 0.3 is 0 Å². The molecule has 4 rings (SSSR count). The third-order valence-corrected chi connectivity index (χ3v) is 5.25. The Labute approximate surface area is 181 Å². The second kappa shape index (κ2) is 9.84. The van der Waals surface area contributed by atoms with Crippen LogP contribution < -0.4 is 10.1 Å². The molecule has 2 heterocycles. The third-order valence-electron chi connectivity index (χ3n) is 5.25. The molecule has 7 heteroatoms. The summed E-state index contributed by atoms with van der Waals surface area (Å²) in [6, 6.07) is 24.3. The first kappa shape index (κ1) is 20.5. The van der Waals surface area contributed by atoms with Gasteiger partial charge in [0.1, 0.15) is 0 Å². The molecule has 0 bridgehead atoms. The number of fused-ring (bicyclic) bond motifs is 1. The van der Waals surface area contributed by atoms with Gasteiger partial charge in [-0.25, -0.2) is 0 Å². The van der Waals surface area contributed by atoms with Crippen molar-refractivity contribution >= 4 is 11.6 Å². The molecule has 0 unspecified atom stereocenters. The van der Waals surface area contributed by atoms with Gasteiger partial charge in [0.25, 0.3) is 0 Å². The van der Waals surface area contributed by atoms with E-state index in [2.05, 4.69) is 69.1 Å². The summed E-state index contributed by atoms with van der Waals surface area (Å²) in [6.45, 7) is 0.597. The van der Waals surface area contributed by atoms with Gasteiger partial charge in [-0.05, 0) is 23.6 Å². The van der Waals surface area contributed by atoms with Crippen molar-refractivity contribution in [3.05, 3.63) is 89.7 Å². The van der Waals surface area contributed by atoms with E-state index in [1.165, 1.54) is 11.1 Å². The number of carbonyl (C=O) groups is 1. The lowest BCUT2D eigenvalue weighted by molar-refractivity contribution is -0.121. The number of amides is 1. The molecule has 0 aliphatic carbocycles. The van der Waals surface area contributed by atoms with Gasteiger partial charge in [0.15, 0.2) is 11.5 Å². The molecule has 31 heavy (non-hydrogen) atoms. The smallest absolute Gasteiger partial charge is 0.231 e. The van der Waals surface area contributed by atoms with E-state index in [0.29, 0.717) is 36.7 Å². The fraction of sp³-hybridized carbons (Fsp3) is 0.250. The number of ether oxygens (including phenoxy) is 1. The number of carbonyl (C=O) groups excluding carboxylic acids is 1. The maximum atomic E-state index is 12.4. The summed E-state index contributed by atoms with van der Waals surface area (Å²) < 4.78 is 6.77. The lowest BCUT2D eigenvalue weighted by Gasteiger charge is -2.18. The molecule has 2 aromatic carbocycles. The minimum absolute atomic E-state index is 0.0143. The molecule has 0 saturated heterocycles. The molecular weight excluding hydrogens is 390 g/mol. The van der Waals surface area contributed by atoms with Crippen LogP contribution in [0.4, 0.5) is 0 Å². The topological polar surface area (TPSA) is 81.4 Å². The van der Waals surface area contributed by atoms with Crippen molar-refractivity contribution in [3.63, 3.8) is 0 Å². The first-order chi connectivity index (χ1) is 15.2. The van der Waals surface area contributed by atoms with Crippen LogP contribution in [-0.4, -0.2) is 39.4 Å². The minimum Gasteiger partial charge on any atom is -0.480 e. The Morgan fingerprint density at radius 2 is 1.65 bits per heavy atom. The van der Waals surface area contributed by atoms with E-state index in [4.69, 9.17) is 4.74 Å². The number of aryl methyl sites for hydroxylation is 1. The largest absolute Gasteiger partial charge is 0.480 e. The predicted molar refractivity (Wildman–Crippen MR) is 118 cm³/mol. The summed E-state index contributed by atoms with van der Waals surface area (Å²) >= 11 is 0. The molecule has 0 radical (unpaired) electrons. The minimum atomic E-state index is -0.0143. The lowest BCUT2D eigenvalue weighted by Crippen LogP contribution is -2.26. The summed E-state index contributed by atoms with van der Waals surface area (Å²) in [4.78, 5) is 12.4. The van der Waals surface area contributed by atoms with E-state index in [9.17, 15) is 4.79 Å². The highest BCUT2D eigenvalue weighted by molar-refractivity contribution is 5.76. The van der Waals surface area contributed by atoms with Crippen molar-refractivity contribution < 1.29 is 9.53 Å². The second-order valence-corrected chi connectivity index (χ2v) is 7.27. The zero-order valence-electron chi connectivity index (χ0n) is 17.4. The Balaban J connectivity index is 1.34. The Hall–Kier alpha value is -3.74. The van der Waals surface area contributed by atoms with E-state index in [1.54, 1.807) is 23.8 Å². The van der Waals surface area contributed by atoms with Gasteiger partial charge in [-0.1, -0.05) is 60.7 Å².